The van der Waals surface area contributed by atoms with Crippen LogP contribution < -0.4 is 14.3 Å². The summed E-state index contributed by atoms with van der Waals surface area (Å²) in [6.07, 6.45) is 0.825. The van der Waals surface area contributed by atoms with Gasteiger partial charge in [0.1, 0.15) is 5.75 Å². The molecule has 0 bridgehead atoms. The van der Waals surface area contributed by atoms with Crippen LogP contribution in [0.1, 0.15) is 13.3 Å². The van der Waals surface area contributed by atoms with Crippen molar-refractivity contribution in [3.8, 4) is 5.75 Å². The van der Waals surface area contributed by atoms with Gasteiger partial charge in [-0.05, 0) is 42.8 Å². The molecule has 1 heterocycles. The van der Waals surface area contributed by atoms with Crippen LogP contribution in [0.3, 0.4) is 0 Å². The molecule has 0 saturated carbocycles. The molecule has 0 atom stereocenters. The van der Waals surface area contributed by atoms with Crippen LogP contribution in [0, 0.1) is 0 Å². The summed E-state index contributed by atoms with van der Waals surface area (Å²) in [6, 6.07) is 9.30. The highest BCUT2D eigenvalue weighted by Gasteiger charge is 2.17. The Morgan fingerprint density at radius 2 is 2.00 bits per heavy atom. The molecule has 3 rings (SSSR count). The van der Waals surface area contributed by atoms with Crippen molar-refractivity contribution in [3.63, 3.8) is 0 Å². The highest BCUT2D eigenvalue weighted by Crippen LogP contribution is 2.29. The number of nitrogens with one attached hydrogen (secondary N) is 1. The number of anilines is 1. The number of hydrogen-bond donors (Lipinski definition) is 1. The van der Waals surface area contributed by atoms with Crippen molar-refractivity contribution < 1.29 is 13.2 Å². The third-order valence-electron chi connectivity index (χ3n) is 3.80. The second-order valence-electron chi connectivity index (χ2n) is 5.60. The van der Waals surface area contributed by atoms with Crippen LogP contribution in [0.2, 0.25) is 5.02 Å². The average molecular weight is 413 g/mol. The largest absolute Gasteiger partial charge is 0.495 e. The fourth-order valence-electron chi connectivity index (χ4n) is 2.59. The van der Waals surface area contributed by atoms with E-state index in [2.05, 4.69) is 4.72 Å². The van der Waals surface area contributed by atoms with Gasteiger partial charge in [0.05, 0.1) is 32.9 Å². The summed E-state index contributed by atoms with van der Waals surface area (Å²) < 4.78 is 35.2. The van der Waals surface area contributed by atoms with E-state index in [-0.39, 0.29) is 9.77 Å². The van der Waals surface area contributed by atoms with Crippen LogP contribution in [0.4, 0.5) is 5.69 Å². The number of thiazole rings is 1. The Bertz CT molecular complexity index is 1120. The van der Waals surface area contributed by atoms with E-state index >= 15 is 0 Å². The monoisotopic (exact) mass is 412 g/mol. The molecule has 0 fully saturated rings. The standard InChI is InChI=1S/C17H17ClN2O4S2/c1-3-8-20-14-6-5-12(10-16(14)25-17(20)21)26(22,23)19-11-4-7-15(24-2)13(18)9-11/h4-7,9-10,19H,3,8H2,1-2H3. The lowest BCUT2D eigenvalue weighted by Crippen LogP contribution is -2.13. The van der Waals surface area contributed by atoms with Crippen molar-refractivity contribution in [3.05, 3.63) is 51.1 Å². The van der Waals surface area contributed by atoms with Gasteiger partial charge in [0.25, 0.3) is 10.0 Å². The van der Waals surface area contributed by atoms with Gasteiger partial charge in [0.2, 0.25) is 0 Å². The molecule has 1 N–H and O–H groups in total. The number of nitrogens with zero attached hydrogens (tertiary/aromatic N) is 1. The number of aromatic nitrogens is 1. The molecule has 2 aromatic carbocycles. The Morgan fingerprint density at radius 3 is 2.65 bits per heavy atom. The molecule has 0 radical (unpaired) electrons. The van der Waals surface area contributed by atoms with Gasteiger partial charge in [-0.1, -0.05) is 29.9 Å². The topological polar surface area (TPSA) is 77.4 Å². The minimum atomic E-state index is -3.81. The van der Waals surface area contributed by atoms with Crippen LogP contribution in [-0.4, -0.2) is 20.1 Å². The third-order valence-corrected chi connectivity index (χ3v) is 6.42. The first-order valence-corrected chi connectivity index (χ1v) is 10.5. The van der Waals surface area contributed by atoms with Gasteiger partial charge < -0.3 is 4.74 Å². The van der Waals surface area contributed by atoms with Gasteiger partial charge >= 0.3 is 4.87 Å². The van der Waals surface area contributed by atoms with Gasteiger partial charge in [0, 0.05) is 6.54 Å². The first kappa shape index (κ1) is 18.8. The maximum atomic E-state index is 12.7. The van der Waals surface area contributed by atoms with E-state index in [0.717, 1.165) is 23.3 Å². The van der Waals surface area contributed by atoms with Crippen LogP contribution in [0.25, 0.3) is 10.2 Å². The second-order valence-corrected chi connectivity index (χ2v) is 8.69. The zero-order valence-corrected chi connectivity index (χ0v) is 16.5. The molecule has 26 heavy (non-hydrogen) atoms. The Balaban J connectivity index is 1.96. The lowest BCUT2D eigenvalue weighted by Gasteiger charge is -2.10. The number of aryl methyl sites for hydroxylation is 1. The molecule has 0 aliphatic rings. The van der Waals surface area contributed by atoms with Gasteiger partial charge in [0.15, 0.2) is 0 Å². The summed E-state index contributed by atoms with van der Waals surface area (Å²) in [6.45, 7) is 2.59. The molecule has 0 amide bonds. The molecular weight excluding hydrogens is 396 g/mol. The van der Waals surface area contributed by atoms with Gasteiger partial charge in [-0.2, -0.15) is 0 Å². The fourth-order valence-corrected chi connectivity index (χ4v) is 4.96. The smallest absolute Gasteiger partial charge is 0.308 e. The molecule has 6 nitrogen and oxygen atoms in total. The van der Waals surface area contributed by atoms with E-state index in [1.54, 1.807) is 22.8 Å². The molecular formula is C17H17ClN2O4S2. The number of rotatable bonds is 6. The molecule has 138 valence electrons. The maximum absolute atomic E-state index is 12.7. The minimum Gasteiger partial charge on any atom is -0.495 e. The van der Waals surface area contributed by atoms with Gasteiger partial charge in [-0.15, -0.1) is 0 Å². The van der Waals surface area contributed by atoms with E-state index in [1.165, 1.54) is 25.3 Å². The Morgan fingerprint density at radius 1 is 1.23 bits per heavy atom. The number of ether oxygens (including phenoxy) is 1. The van der Waals surface area contributed by atoms with Crippen molar-refractivity contribution >= 4 is 48.9 Å². The van der Waals surface area contributed by atoms with Crippen molar-refractivity contribution in [1.82, 2.24) is 4.57 Å². The zero-order chi connectivity index (χ0) is 18.9. The van der Waals surface area contributed by atoms with Crippen molar-refractivity contribution in [1.29, 1.82) is 0 Å². The molecule has 3 aromatic rings. The summed E-state index contributed by atoms with van der Waals surface area (Å²) in [4.78, 5) is 12.1. The SMILES string of the molecule is CCCn1c(=O)sc2cc(S(=O)(=O)Nc3ccc(OC)c(Cl)c3)ccc21. The van der Waals surface area contributed by atoms with Crippen molar-refractivity contribution in [2.24, 2.45) is 0 Å². The molecule has 0 aliphatic heterocycles. The normalized spacial score (nSPS) is 11.7. The Labute approximate surface area is 160 Å². The zero-order valence-electron chi connectivity index (χ0n) is 14.2. The highest BCUT2D eigenvalue weighted by molar-refractivity contribution is 7.92. The summed E-state index contributed by atoms with van der Waals surface area (Å²) in [5, 5.41) is 0.304. The molecule has 0 unspecified atom stereocenters. The minimum absolute atomic E-state index is 0.0850. The molecule has 0 aliphatic carbocycles. The lowest BCUT2D eigenvalue weighted by atomic mass is 10.3. The first-order chi connectivity index (χ1) is 12.4. The van der Waals surface area contributed by atoms with Crippen LogP contribution in [0.5, 0.6) is 5.75 Å². The van der Waals surface area contributed by atoms with E-state index in [1.807, 2.05) is 6.92 Å². The van der Waals surface area contributed by atoms with Crippen LogP contribution >= 0.6 is 22.9 Å². The summed E-state index contributed by atoms with van der Waals surface area (Å²) in [5.41, 5.74) is 1.07. The van der Waals surface area contributed by atoms with Gasteiger partial charge in [-0.3, -0.25) is 14.1 Å². The number of methoxy groups -OCH3 is 1. The van der Waals surface area contributed by atoms with E-state index < -0.39 is 10.0 Å². The third kappa shape index (κ3) is 3.58. The lowest BCUT2D eigenvalue weighted by molar-refractivity contribution is 0.415. The first-order valence-electron chi connectivity index (χ1n) is 7.85. The quantitative estimate of drug-likeness (QED) is 0.665. The van der Waals surface area contributed by atoms with E-state index in [0.29, 0.717) is 27.7 Å². The van der Waals surface area contributed by atoms with Crippen LogP contribution in [-0.2, 0) is 16.6 Å². The Hall–Kier alpha value is -2.03. The molecule has 0 saturated heterocycles. The average Bonchev–Trinajstić information content (AvgIpc) is 2.90. The summed E-state index contributed by atoms with van der Waals surface area (Å²) >= 11 is 7.08. The number of halogens is 1. The van der Waals surface area contributed by atoms with Crippen LogP contribution in [0.15, 0.2) is 46.1 Å². The number of sulfonamides is 1. The number of benzene rings is 2. The van der Waals surface area contributed by atoms with Crippen molar-refractivity contribution in [2.45, 2.75) is 24.8 Å². The van der Waals surface area contributed by atoms with E-state index in [4.69, 9.17) is 16.3 Å². The molecule has 1 aromatic heterocycles. The summed E-state index contributed by atoms with van der Waals surface area (Å²) in [5.74, 6) is 0.457. The maximum Gasteiger partial charge on any atom is 0.308 e. The molecule has 9 heteroatoms. The fraction of sp³-hybridized carbons (Fsp3) is 0.235. The summed E-state index contributed by atoms with van der Waals surface area (Å²) in [7, 11) is -2.33. The molecule has 0 spiro atoms. The predicted molar refractivity (Wildman–Crippen MR) is 105 cm³/mol. The van der Waals surface area contributed by atoms with Gasteiger partial charge in [-0.25, -0.2) is 8.42 Å². The number of hydrogen-bond acceptors (Lipinski definition) is 5. The highest BCUT2D eigenvalue weighted by atomic mass is 35.5. The predicted octanol–water partition coefficient (Wildman–Crippen LogP) is 3.94. The number of fused-ring (bicyclic) bond motifs is 1. The van der Waals surface area contributed by atoms with E-state index in [9.17, 15) is 13.2 Å². The Kier molecular flexibility index (Phi) is 5.27. The second kappa shape index (κ2) is 7.30. The van der Waals surface area contributed by atoms with Crippen molar-refractivity contribution in [2.75, 3.05) is 11.8 Å².